The van der Waals surface area contributed by atoms with Gasteiger partial charge >= 0.3 is 0 Å². The van der Waals surface area contributed by atoms with Gasteiger partial charge in [0.15, 0.2) is 5.16 Å². The molecule has 4 rings (SSSR count). The van der Waals surface area contributed by atoms with Crippen molar-refractivity contribution in [3.8, 4) is 5.69 Å². The van der Waals surface area contributed by atoms with E-state index in [0.29, 0.717) is 24.3 Å². The third kappa shape index (κ3) is 5.14. The van der Waals surface area contributed by atoms with Crippen molar-refractivity contribution in [1.29, 1.82) is 0 Å². The van der Waals surface area contributed by atoms with Crippen LogP contribution in [0.25, 0.3) is 5.69 Å². The van der Waals surface area contributed by atoms with Crippen LogP contribution in [0.2, 0.25) is 0 Å². The van der Waals surface area contributed by atoms with Crippen molar-refractivity contribution in [1.82, 2.24) is 18.8 Å². The summed E-state index contributed by atoms with van der Waals surface area (Å²) in [7, 11) is -3.62. The zero-order chi connectivity index (χ0) is 23.4. The molecule has 1 saturated heterocycles. The van der Waals surface area contributed by atoms with Gasteiger partial charge in [-0.15, -0.1) is 0 Å². The van der Waals surface area contributed by atoms with Crippen LogP contribution in [-0.4, -0.2) is 72.1 Å². The fraction of sp³-hybridized carbons (Fsp3) is 0.304. The number of piperazine rings is 1. The zero-order valence-corrected chi connectivity index (χ0v) is 20.3. The number of hydrogen-bond acceptors (Lipinski definition) is 6. The van der Waals surface area contributed by atoms with Crippen LogP contribution in [0.5, 0.6) is 0 Å². The van der Waals surface area contributed by atoms with Crippen molar-refractivity contribution >= 4 is 33.4 Å². The summed E-state index contributed by atoms with van der Waals surface area (Å²) in [5, 5.41) is 3.66. The maximum absolute atomic E-state index is 13.1. The van der Waals surface area contributed by atoms with Gasteiger partial charge in [-0.3, -0.25) is 9.36 Å². The second-order valence-corrected chi connectivity index (χ2v) is 10.4. The van der Waals surface area contributed by atoms with Gasteiger partial charge < -0.3 is 10.2 Å². The number of imidazole rings is 1. The van der Waals surface area contributed by atoms with Crippen LogP contribution in [0.1, 0.15) is 17.3 Å². The minimum absolute atomic E-state index is 0.182. The molecule has 0 unspecified atom stereocenters. The monoisotopic (exact) mass is 485 g/mol. The van der Waals surface area contributed by atoms with Crippen LogP contribution in [0.4, 0.5) is 5.69 Å². The lowest BCUT2D eigenvalue weighted by Gasteiger charge is -2.33. The maximum atomic E-state index is 13.1. The largest absolute Gasteiger partial charge is 0.322 e. The fourth-order valence-electron chi connectivity index (χ4n) is 3.81. The first-order valence-corrected chi connectivity index (χ1v) is 13.4. The number of thioether (sulfide) groups is 1. The number of anilines is 1. The SMILES string of the molecule is CCN1CCN(S(=O)(=O)c2cccc(NC(=O)c3cccc(-n4ccnc4SC)c3)c2)CC1. The van der Waals surface area contributed by atoms with Crippen LogP contribution in [0.3, 0.4) is 0 Å². The molecule has 10 heteroatoms. The number of amides is 1. The van der Waals surface area contributed by atoms with Crippen molar-refractivity contribution in [2.24, 2.45) is 0 Å². The van der Waals surface area contributed by atoms with E-state index >= 15 is 0 Å². The van der Waals surface area contributed by atoms with Crippen molar-refractivity contribution < 1.29 is 13.2 Å². The molecule has 0 spiro atoms. The number of sulfonamides is 1. The summed E-state index contributed by atoms with van der Waals surface area (Å²) in [5.74, 6) is -0.311. The normalized spacial score (nSPS) is 15.5. The molecule has 2 aromatic carbocycles. The van der Waals surface area contributed by atoms with Crippen molar-refractivity contribution in [3.63, 3.8) is 0 Å². The zero-order valence-electron chi connectivity index (χ0n) is 18.6. The molecule has 1 N–H and O–H groups in total. The first-order valence-electron chi connectivity index (χ1n) is 10.7. The Balaban J connectivity index is 1.51. The molecule has 33 heavy (non-hydrogen) atoms. The first-order chi connectivity index (χ1) is 15.9. The predicted molar refractivity (Wildman–Crippen MR) is 131 cm³/mol. The molecule has 1 amide bonds. The number of rotatable bonds is 7. The quantitative estimate of drug-likeness (QED) is 0.517. The van der Waals surface area contributed by atoms with E-state index in [2.05, 4.69) is 22.1 Å². The number of nitrogens with one attached hydrogen (secondary N) is 1. The minimum Gasteiger partial charge on any atom is -0.322 e. The van der Waals surface area contributed by atoms with E-state index in [1.807, 2.05) is 29.2 Å². The Kier molecular flexibility index (Phi) is 7.18. The number of benzene rings is 2. The molecule has 3 aromatic rings. The standard InChI is InChI=1S/C23H27N5O3S2/c1-3-26-12-14-27(15-13-26)33(30,31)21-9-5-7-19(17-21)25-22(29)18-6-4-8-20(16-18)28-11-10-24-23(28)32-2/h4-11,16-17H,3,12-15H2,1-2H3,(H,25,29). The molecule has 0 radical (unpaired) electrons. The average Bonchev–Trinajstić information content (AvgIpc) is 3.33. The van der Waals surface area contributed by atoms with Gasteiger partial charge in [0.2, 0.25) is 10.0 Å². The molecule has 0 aliphatic carbocycles. The van der Waals surface area contributed by atoms with Crippen LogP contribution >= 0.6 is 11.8 Å². The number of nitrogens with zero attached hydrogens (tertiary/aromatic N) is 4. The Morgan fingerprint density at radius 2 is 1.85 bits per heavy atom. The summed E-state index contributed by atoms with van der Waals surface area (Å²) in [6.45, 7) is 5.35. The van der Waals surface area contributed by atoms with Crippen LogP contribution in [0.15, 0.2) is 71.0 Å². The minimum atomic E-state index is -3.62. The highest BCUT2D eigenvalue weighted by atomic mass is 32.2. The van der Waals surface area contributed by atoms with Crippen LogP contribution < -0.4 is 5.32 Å². The molecule has 2 heterocycles. The first kappa shape index (κ1) is 23.5. The van der Waals surface area contributed by atoms with Crippen molar-refractivity contribution in [3.05, 3.63) is 66.5 Å². The highest BCUT2D eigenvalue weighted by Crippen LogP contribution is 2.23. The van der Waals surface area contributed by atoms with E-state index in [-0.39, 0.29) is 10.8 Å². The van der Waals surface area contributed by atoms with Crippen LogP contribution in [-0.2, 0) is 10.0 Å². The number of carbonyl (C=O) groups excluding carboxylic acids is 1. The van der Waals surface area contributed by atoms with Gasteiger partial charge in [-0.25, -0.2) is 13.4 Å². The lowest BCUT2D eigenvalue weighted by Crippen LogP contribution is -2.48. The second kappa shape index (κ2) is 10.1. The lowest BCUT2D eigenvalue weighted by molar-refractivity contribution is 0.102. The molecule has 1 aromatic heterocycles. The van der Waals surface area contributed by atoms with E-state index in [0.717, 1.165) is 30.5 Å². The third-order valence-corrected chi connectivity index (χ3v) is 8.25. The van der Waals surface area contributed by atoms with E-state index in [1.54, 1.807) is 36.5 Å². The Morgan fingerprint density at radius 1 is 1.09 bits per heavy atom. The predicted octanol–water partition coefficient (Wildman–Crippen LogP) is 3.17. The molecular formula is C23H27N5O3S2. The van der Waals surface area contributed by atoms with Gasteiger partial charge in [-0.1, -0.05) is 30.8 Å². The maximum Gasteiger partial charge on any atom is 0.255 e. The Labute approximate surface area is 198 Å². The highest BCUT2D eigenvalue weighted by molar-refractivity contribution is 7.98. The number of carbonyl (C=O) groups is 1. The molecule has 174 valence electrons. The summed E-state index contributed by atoms with van der Waals surface area (Å²) in [6.07, 6.45) is 5.50. The smallest absolute Gasteiger partial charge is 0.255 e. The van der Waals surface area contributed by atoms with E-state index in [1.165, 1.54) is 22.1 Å². The Hall–Kier alpha value is -2.66. The summed E-state index contributed by atoms with van der Waals surface area (Å²) in [5.41, 5.74) is 1.73. The number of aromatic nitrogens is 2. The summed E-state index contributed by atoms with van der Waals surface area (Å²) in [6, 6.07) is 13.7. The highest BCUT2D eigenvalue weighted by Gasteiger charge is 2.28. The molecular weight excluding hydrogens is 458 g/mol. The topological polar surface area (TPSA) is 87.5 Å². The molecule has 0 bridgehead atoms. The summed E-state index contributed by atoms with van der Waals surface area (Å²) >= 11 is 1.52. The molecule has 1 aliphatic rings. The third-order valence-electron chi connectivity index (χ3n) is 5.68. The van der Waals surface area contributed by atoms with Gasteiger partial charge in [0.1, 0.15) is 0 Å². The van der Waals surface area contributed by atoms with Crippen molar-refractivity contribution in [2.75, 3.05) is 44.3 Å². The van der Waals surface area contributed by atoms with Crippen molar-refractivity contribution in [2.45, 2.75) is 17.0 Å². The Morgan fingerprint density at radius 3 is 2.58 bits per heavy atom. The van der Waals surface area contributed by atoms with E-state index in [9.17, 15) is 13.2 Å². The van der Waals surface area contributed by atoms with Gasteiger partial charge in [0.25, 0.3) is 5.91 Å². The lowest BCUT2D eigenvalue weighted by atomic mass is 10.2. The molecule has 0 saturated carbocycles. The average molecular weight is 486 g/mol. The molecule has 8 nitrogen and oxygen atoms in total. The molecule has 1 fully saturated rings. The molecule has 0 atom stereocenters. The summed E-state index contributed by atoms with van der Waals surface area (Å²) < 4.78 is 29.6. The van der Waals surface area contributed by atoms with E-state index < -0.39 is 10.0 Å². The molecule has 1 aliphatic heterocycles. The van der Waals surface area contributed by atoms with Gasteiger partial charge in [-0.05, 0) is 49.2 Å². The van der Waals surface area contributed by atoms with Gasteiger partial charge in [0, 0.05) is 55.5 Å². The number of hydrogen-bond donors (Lipinski definition) is 1. The van der Waals surface area contributed by atoms with Gasteiger partial charge in [-0.2, -0.15) is 4.31 Å². The van der Waals surface area contributed by atoms with Gasteiger partial charge in [0.05, 0.1) is 4.90 Å². The number of likely N-dealkylation sites (N-methyl/N-ethyl adjacent to an activating group) is 1. The summed E-state index contributed by atoms with van der Waals surface area (Å²) in [4.78, 5) is 19.6. The van der Waals surface area contributed by atoms with E-state index in [4.69, 9.17) is 0 Å². The Bertz CT molecular complexity index is 1230. The fourth-order valence-corrected chi connectivity index (χ4v) is 5.80. The van der Waals surface area contributed by atoms with Crippen LogP contribution in [0, 0.1) is 0 Å². The second-order valence-electron chi connectivity index (χ2n) is 7.65.